The van der Waals surface area contributed by atoms with Crippen LogP contribution in [0.3, 0.4) is 0 Å². The monoisotopic (exact) mass is 242 g/mol. The van der Waals surface area contributed by atoms with Crippen molar-refractivity contribution in [1.82, 2.24) is 0 Å². The molecule has 0 aromatic carbocycles. The summed E-state index contributed by atoms with van der Waals surface area (Å²) in [5, 5.41) is 0. The van der Waals surface area contributed by atoms with Crippen LogP contribution in [-0.2, 0) is 0 Å². The third-order valence-corrected chi connectivity index (χ3v) is 7.21. The van der Waals surface area contributed by atoms with Gasteiger partial charge in [0.1, 0.15) is 0 Å². The first-order valence-corrected chi connectivity index (χ1v) is 11.1. The normalized spacial score (nSPS) is 14.1. The zero-order chi connectivity index (χ0) is 12.4. The molecule has 98 valence electrons. The fourth-order valence-electron chi connectivity index (χ4n) is 2.02. The Morgan fingerprint density at radius 3 is 1.62 bits per heavy atom. The standard InChI is InChI=1S/C15H34Si/c1-6-7-8-9-10-11-12-13-14-15(2)16(3,4)5/h15H,6-14H2,1-5H3. The van der Waals surface area contributed by atoms with Gasteiger partial charge in [-0.1, -0.05) is 91.3 Å². The first kappa shape index (κ1) is 16.2. The van der Waals surface area contributed by atoms with E-state index in [1.165, 1.54) is 57.8 Å². The molecule has 1 unspecified atom stereocenters. The summed E-state index contributed by atoms with van der Waals surface area (Å²) in [6, 6.07) is 0. The van der Waals surface area contributed by atoms with E-state index in [2.05, 4.69) is 33.5 Å². The molecule has 0 aliphatic heterocycles. The zero-order valence-electron chi connectivity index (χ0n) is 12.4. The quantitative estimate of drug-likeness (QED) is 0.314. The maximum Gasteiger partial charge on any atom is 0.0471 e. The maximum atomic E-state index is 2.50. The SMILES string of the molecule is CCCCCCCCCCC(C)[Si](C)(C)C. The Hall–Kier alpha value is 0.217. The summed E-state index contributed by atoms with van der Waals surface area (Å²) in [5.41, 5.74) is 1.01. The van der Waals surface area contributed by atoms with Crippen LogP contribution >= 0.6 is 0 Å². The second-order valence-corrected chi connectivity index (χ2v) is 12.2. The van der Waals surface area contributed by atoms with Gasteiger partial charge in [0.05, 0.1) is 0 Å². The highest BCUT2D eigenvalue weighted by Gasteiger charge is 2.21. The van der Waals surface area contributed by atoms with Gasteiger partial charge in [0.2, 0.25) is 0 Å². The van der Waals surface area contributed by atoms with Gasteiger partial charge in [-0.25, -0.2) is 0 Å². The molecule has 0 rings (SSSR count). The van der Waals surface area contributed by atoms with E-state index in [-0.39, 0.29) is 0 Å². The van der Waals surface area contributed by atoms with E-state index in [1.807, 2.05) is 0 Å². The van der Waals surface area contributed by atoms with Gasteiger partial charge in [0.15, 0.2) is 0 Å². The summed E-state index contributed by atoms with van der Waals surface area (Å²) >= 11 is 0. The van der Waals surface area contributed by atoms with Crippen molar-refractivity contribution < 1.29 is 0 Å². The predicted molar refractivity (Wildman–Crippen MR) is 80.0 cm³/mol. The van der Waals surface area contributed by atoms with Gasteiger partial charge in [-0.15, -0.1) is 0 Å². The van der Waals surface area contributed by atoms with E-state index >= 15 is 0 Å². The molecule has 0 nitrogen and oxygen atoms in total. The molecule has 0 N–H and O–H groups in total. The van der Waals surface area contributed by atoms with Crippen molar-refractivity contribution in [1.29, 1.82) is 0 Å². The molecule has 16 heavy (non-hydrogen) atoms. The van der Waals surface area contributed by atoms with Gasteiger partial charge in [-0.05, 0) is 5.54 Å². The molecule has 0 amide bonds. The average Bonchev–Trinajstić information content (AvgIpc) is 2.20. The molecule has 0 heterocycles. The molecule has 0 radical (unpaired) electrons. The van der Waals surface area contributed by atoms with E-state index in [9.17, 15) is 0 Å². The smallest absolute Gasteiger partial charge is 0.0471 e. The molecular formula is C15H34Si. The number of hydrogen-bond donors (Lipinski definition) is 0. The van der Waals surface area contributed by atoms with E-state index < -0.39 is 8.07 Å². The highest BCUT2D eigenvalue weighted by molar-refractivity contribution is 6.77. The highest BCUT2D eigenvalue weighted by atomic mass is 28.3. The maximum absolute atomic E-state index is 2.50. The first-order valence-electron chi connectivity index (χ1n) is 7.48. The van der Waals surface area contributed by atoms with Crippen molar-refractivity contribution in [3.63, 3.8) is 0 Å². The fraction of sp³-hybridized carbons (Fsp3) is 1.00. The second-order valence-electron chi connectivity index (χ2n) is 6.53. The molecule has 0 saturated carbocycles. The van der Waals surface area contributed by atoms with Gasteiger partial charge in [-0.2, -0.15) is 0 Å². The number of unbranched alkanes of at least 4 members (excludes halogenated alkanes) is 7. The van der Waals surface area contributed by atoms with Gasteiger partial charge < -0.3 is 0 Å². The van der Waals surface area contributed by atoms with E-state index in [0.717, 1.165) is 5.54 Å². The molecule has 0 aliphatic carbocycles. The molecule has 0 aromatic heterocycles. The molecule has 1 atom stereocenters. The van der Waals surface area contributed by atoms with Crippen LogP contribution in [0.2, 0.25) is 25.2 Å². The van der Waals surface area contributed by atoms with Gasteiger partial charge >= 0.3 is 0 Å². The van der Waals surface area contributed by atoms with Crippen molar-refractivity contribution in [2.24, 2.45) is 0 Å². The molecule has 0 spiro atoms. The van der Waals surface area contributed by atoms with Crippen LogP contribution < -0.4 is 0 Å². The Balaban J connectivity index is 3.21. The Morgan fingerprint density at radius 2 is 1.19 bits per heavy atom. The van der Waals surface area contributed by atoms with Crippen LogP contribution in [0.5, 0.6) is 0 Å². The molecule has 0 aromatic rings. The van der Waals surface area contributed by atoms with Crippen molar-refractivity contribution in [2.45, 2.75) is 96.8 Å². The third kappa shape index (κ3) is 9.44. The van der Waals surface area contributed by atoms with Crippen molar-refractivity contribution in [3.8, 4) is 0 Å². The molecule has 0 bridgehead atoms. The van der Waals surface area contributed by atoms with E-state index in [4.69, 9.17) is 0 Å². The van der Waals surface area contributed by atoms with Crippen molar-refractivity contribution in [2.75, 3.05) is 0 Å². The molecule has 0 saturated heterocycles. The Morgan fingerprint density at radius 1 is 0.750 bits per heavy atom. The molecule has 0 aliphatic rings. The van der Waals surface area contributed by atoms with E-state index in [1.54, 1.807) is 0 Å². The van der Waals surface area contributed by atoms with Crippen LogP contribution in [0.25, 0.3) is 0 Å². The van der Waals surface area contributed by atoms with Crippen LogP contribution in [-0.4, -0.2) is 8.07 Å². The molecule has 0 fully saturated rings. The van der Waals surface area contributed by atoms with Crippen LogP contribution in [0.15, 0.2) is 0 Å². The molecular weight excluding hydrogens is 208 g/mol. The fourth-order valence-corrected chi connectivity index (χ4v) is 3.09. The third-order valence-electron chi connectivity index (χ3n) is 3.97. The number of hydrogen-bond acceptors (Lipinski definition) is 0. The second kappa shape index (κ2) is 9.27. The van der Waals surface area contributed by atoms with Gasteiger partial charge in [0, 0.05) is 8.07 Å². The minimum atomic E-state index is -0.847. The van der Waals surface area contributed by atoms with Crippen molar-refractivity contribution in [3.05, 3.63) is 0 Å². The predicted octanol–water partition coefficient (Wildman–Crippen LogP) is 6.25. The highest BCUT2D eigenvalue weighted by Crippen LogP contribution is 2.26. The minimum absolute atomic E-state index is 0.847. The Labute approximate surface area is 105 Å². The zero-order valence-corrected chi connectivity index (χ0v) is 13.4. The summed E-state index contributed by atoms with van der Waals surface area (Å²) in [4.78, 5) is 0. The summed E-state index contributed by atoms with van der Waals surface area (Å²) in [6.07, 6.45) is 13.1. The lowest BCUT2D eigenvalue weighted by atomic mass is 10.1. The summed E-state index contributed by atoms with van der Waals surface area (Å²) in [7, 11) is -0.847. The Kier molecular flexibility index (Phi) is 9.39. The van der Waals surface area contributed by atoms with E-state index in [0.29, 0.717) is 0 Å². The summed E-state index contributed by atoms with van der Waals surface area (Å²) < 4.78 is 0. The summed E-state index contributed by atoms with van der Waals surface area (Å²) in [6.45, 7) is 12.3. The van der Waals surface area contributed by atoms with Crippen molar-refractivity contribution >= 4 is 8.07 Å². The topological polar surface area (TPSA) is 0 Å². The summed E-state index contributed by atoms with van der Waals surface area (Å²) in [5.74, 6) is 0. The lowest BCUT2D eigenvalue weighted by molar-refractivity contribution is 0.559. The minimum Gasteiger partial charge on any atom is -0.0694 e. The first-order chi connectivity index (χ1) is 7.48. The lowest BCUT2D eigenvalue weighted by Gasteiger charge is -2.24. The van der Waals surface area contributed by atoms with Gasteiger partial charge in [-0.3, -0.25) is 0 Å². The van der Waals surface area contributed by atoms with Crippen LogP contribution in [0.4, 0.5) is 0 Å². The average molecular weight is 243 g/mol. The largest absolute Gasteiger partial charge is 0.0694 e. The van der Waals surface area contributed by atoms with Crippen LogP contribution in [0.1, 0.15) is 71.6 Å². The molecule has 1 heteroatoms. The lowest BCUT2D eigenvalue weighted by Crippen LogP contribution is -2.25. The Bertz CT molecular complexity index is 146. The van der Waals surface area contributed by atoms with Gasteiger partial charge in [0.25, 0.3) is 0 Å². The van der Waals surface area contributed by atoms with Crippen LogP contribution in [0, 0.1) is 0 Å². The number of rotatable bonds is 10.